The van der Waals surface area contributed by atoms with Crippen LogP contribution in [0.25, 0.3) is 0 Å². The topological polar surface area (TPSA) is 85.0 Å². The van der Waals surface area contributed by atoms with Crippen LogP contribution in [0.15, 0.2) is 67.4 Å². The number of amides is 1. The number of carbonyl (C=O) groups excluding carboxylic acids is 1. The number of hydrogen-bond acceptors (Lipinski definition) is 5. The molecule has 6 nitrogen and oxygen atoms in total. The number of aromatic nitrogens is 3. The molecule has 0 saturated carbocycles. The van der Waals surface area contributed by atoms with Gasteiger partial charge in [-0.1, -0.05) is 30.3 Å². The molecule has 0 aliphatic rings. The molecule has 0 unspecified atom stereocenters. The molecule has 0 aliphatic heterocycles. The van der Waals surface area contributed by atoms with Gasteiger partial charge in [-0.15, -0.1) is 0 Å². The second kappa shape index (κ2) is 8.01. The average Bonchev–Trinajstić information content (AvgIpc) is 2.66. The van der Waals surface area contributed by atoms with E-state index in [9.17, 15) is 4.79 Å². The number of anilines is 1. The Morgan fingerprint density at radius 3 is 2.48 bits per heavy atom. The second-order valence-corrected chi connectivity index (χ2v) is 5.64. The van der Waals surface area contributed by atoms with Crippen molar-refractivity contribution in [2.45, 2.75) is 13.0 Å². The number of carbonyl (C=O) groups is 1. The summed E-state index contributed by atoms with van der Waals surface area (Å²) in [6.07, 6.45) is 6.99. The number of rotatable bonds is 6. The van der Waals surface area contributed by atoms with Gasteiger partial charge in [-0.3, -0.25) is 9.78 Å². The molecule has 0 fully saturated rings. The summed E-state index contributed by atoms with van der Waals surface area (Å²) >= 11 is 0. The first-order valence-corrected chi connectivity index (χ1v) is 8.01. The monoisotopic (exact) mass is 333 g/mol. The largest absolute Gasteiger partial charge is 0.383 e. The Labute approximate surface area is 146 Å². The average molecular weight is 333 g/mol. The first-order valence-electron chi connectivity index (χ1n) is 8.01. The summed E-state index contributed by atoms with van der Waals surface area (Å²) in [5, 5.41) is 0. The Bertz CT molecular complexity index is 823. The summed E-state index contributed by atoms with van der Waals surface area (Å²) in [5.41, 5.74) is 8.35. The molecule has 0 radical (unpaired) electrons. The van der Waals surface area contributed by atoms with E-state index >= 15 is 0 Å². The molecule has 0 atom stereocenters. The van der Waals surface area contributed by atoms with Gasteiger partial charge in [0.05, 0.1) is 0 Å². The summed E-state index contributed by atoms with van der Waals surface area (Å²) < 4.78 is 0. The highest BCUT2D eigenvalue weighted by Crippen LogP contribution is 2.14. The zero-order valence-corrected chi connectivity index (χ0v) is 13.7. The van der Waals surface area contributed by atoms with E-state index in [-0.39, 0.29) is 11.7 Å². The number of nitrogen functional groups attached to an aromatic ring is 1. The summed E-state index contributed by atoms with van der Waals surface area (Å²) in [6.45, 7) is 1.04. The molecule has 2 heterocycles. The zero-order chi connectivity index (χ0) is 17.5. The van der Waals surface area contributed by atoms with E-state index in [0.29, 0.717) is 18.7 Å². The van der Waals surface area contributed by atoms with Crippen molar-refractivity contribution < 1.29 is 4.79 Å². The van der Waals surface area contributed by atoms with Crippen LogP contribution in [0, 0.1) is 0 Å². The Hall–Kier alpha value is -3.28. The Morgan fingerprint density at radius 1 is 1.00 bits per heavy atom. The molecular weight excluding hydrogens is 314 g/mol. The van der Waals surface area contributed by atoms with Gasteiger partial charge in [-0.2, -0.15) is 0 Å². The van der Waals surface area contributed by atoms with Crippen LogP contribution in [-0.2, 0) is 13.0 Å². The maximum absolute atomic E-state index is 12.9. The van der Waals surface area contributed by atoms with Crippen LogP contribution < -0.4 is 5.73 Å². The summed E-state index contributed by atoms with van der Waals surface area (Å²) in [6, 6.07) is 13.9. The number of benzene rings is 1. The van der Waals surface area contributed by atoms with Crippen LogP contribution in [0.4, 0.5) is 5.82 Å². The van der Waals surface area contributed by atoms with Gasteiger partial charge < -0.3 is 10.6 Å². The lowest BCUT2D eigenvalue weighted by molar-refractivity contribution is 0.0745. The number of hydrogen-bond donors (Lipinski definition) is 1. The third kappa shape index (κ3) is 4.38. The zero-order valence-electron chi connectivity index (χ0n) is 13.7. The molecular formula is C19H19N5O. The fourth-order valence-electron chi connectivity index (χ4n) is 2.54. The van der Waals surface area contributed by atoms with Crippen LogP contribution in [0.5, 0.6) is 0 Å². The van der Waals surface area contributed by atoms with Crippen LogP contribution in [-0.4, -0.2) is 32.3 Å². The van der Waals surface area contributed by atoms with Gasteiger partial charge in [0.1, 0.15) is 17.7 Å². The minimum absolute atomic E-state index is 0.175. The molecule has 3 rings (SSSR count). The minimum atomic E-state index is -0.175. The molecule has 0 bridgehead atoms. The van der Waals surface area contributed by atoms with E-state index in [1.165, 1.54) is 18.1 Å². The lowest BCUT2D eigenvalue weighted by atomic mass is 10.1. The molecule has 1 amide bonds. The van der Waals surface area contributed by atoms with E-state index in [0.717, 1.165) is 12.0 Å². The van der Waals surface area contributed by atoms with Crippen molar-refractivity contribution in [1.82, 2.24) is 19.9 Å². The Balaban J connectivity index is 1.80. The highest BCUT2D eigenvalue weighted by atomic mass is 16.2. The summed E-state index contributed by atoms with van der Waals surface area (Å²) in [4.78, 5) is 26.6. The molecule has 25 heavy (non-hydrogen) atoms. The molecule has 6 heteroatoms. The fraction of sp³-hybridized carbons (Fsp3) is 0.158. The lowest BCUT2D eigenvalue weighted by Crippen LogP contribution is -2.33. The molecule has 2 N–H and O–H groups in total. The molecule has 0 aliphatic carbocycles. The van der Waals surface area contributed by atoms with E-state index in [1.54, 1.807) is 17.3 Å². The van der Waals surface area contributed by atoms with Crippen LogP contribution in [0.1, 0.15) is 21.5 Å². The van der Waals surface area contributed by atoms with Gasteiger partial charge in [0.15, 0.2) is 0 Å². The van der Waals surface area contributed by atoms with Gasteiger partial charge in [-0.25, -0.2) is 9.97 Å². The van der Waals surface area contributed by atoms with Crippen LogP contribution in [0.2, 0.25) is 0 Å². The number of pyridine rings is 1. The van der Waals surface area contributed by atoms with Gasteiger partial charge >= 0.3 is 0 Å². The second-order valence-electron chi connectivity index (χ2n) is 5.64. The number of nitrogens with two attached hydrogens (primary N) is 1. The van der Waals surface area contributed by atoms with E-state index in [1.807, 2.05) is 30.3 Å². The van der Waals surface area contributed by atoms with E-state index in [2.05, 4.69) is 27.1 Å². The highest BCUT2D eigenvalue weighted by Gasteiger charge is 2.19. The smallest absolute Gasteiger partial charge is 0.259 e. The van der Waals surface area contributed by atoms with Crippen LogP contribution in [0.3, 0.4) is 0 Å². The first kappa shape index (κ1) is 16.6. The van der Waals surface area contributed by atoms with Gasteiger partial charge in [0, 0.05) is 31.7 Å². The summed E-state index contributed by atoms with van der Waals surface area (Å²) in [5.74, 6) is 0.0188. The molecule has 0 saturated heterocycles. The maximum atomic E-state index is 12.9. The van der Waals surface area contributed by atoms with Gasteiger partial charge in [-0.05, 0) is 29.7 Å². The van der Waals surface area contributed by atoms with E-state index in [4.69, 9.17) is 5.73 Å². The first-order chi connectivity index (χ1) is 12.2. The minimum Gasteiger partial charge on any atom is -0.383 e. The molecule has 2 aromatic heterocycles. The third-order valence-corrected chi connectivity index (χ3v) is 3.90. The Morgan fingerprint density at radius 2 is 1.76 bits per heavy atom. The number of nitrogens with zero attached hydrogens (tertiary/aromatic N) is 4. The summed E-state index contributed by atoms with van der Waals surface area (Å²) in [7, 11) is 0. The predicted molar refractivity (Wildman–Crippen MR) is 95.6 cm³/mol. The third-order valence-electron chi connectivity index (χ3n) is 3.90. The SMILES string of the molecule is Nc1ncncc1C(=O)N(CCc1ccccc1)Cc1ccncc1. The van der Waals surface area contributed by atoms with Gasteiger partial charge in [0.2, 0.25) is 0 Å². The predicted octanol–water partition coefficient (Wildman–Crippen LogP) is 2.34. The van der Waals surface area contributed by atoms with Crippen LogP contribution >= 0.6 is 0 Å². The van der Waals surface area contributed by atoms with Crippen molar-refractivity contribution in [3.05, 3.63) is 84.1 Å². The van der Waals surface area contributed by atoms with Gasteiger partial charge in [0.25, 0.3) is 5.91 Å². The molecule has 3 aromatic rings. The maximum Gasteiger partial charge on any atom is 0.259 e. The van der Waals surface area contributed by atoms with E-state index < -0.39 is 0 Å². The molecule has 1 aromatic carbocycles. The molecule has 126 valence electrons. The Kier molecular flexibility index (Phi) is 5.31. The standard InChI is InChI=1S/C19H19N5O/c20-18-17(12-22-14-23-18)19(25)24(13-16-6-9-21-10-7-16)11-8-15-4-2-1-3-5-15/h1-7,9-10,12,14H,8,11,13H2,(H2,20,22,23). The molecule has 0 spiro atoms. The van der Waals surface area contributed by atoms with Crippen molar-refractivity contribution in [2.24, 2.45) is 0 Å². The van der Waals surface area contributed by atoms with Crippen molar-refractivity contribution in [3.8, 4) is 0 Å². The van der Waals surface area contributed by atoms with Crippen molar-refractivity contribution in [1.29, 1.82) is 0 Å². The van der Waals surface area contributed by atoms with Crippen molar-refractivity contribution >= 4 is 11.7 Å². The lowest BCUT2D eigenvalue weighted by Gasteiger charge is -2.23. The quantitative estimate of drug-likeness (QED) is 0.748. The fourth-order valence-corrected chi connectivity index (χ4v) is 2.54. The van der Waals surface area contributed by atoms with Crippen molar-refractivity contribution in [3.63, 3.8) is 0 Å². The normalized spacial score (nSPS) is 10.4. The van der Waals surface area contributed by atoms with Crippen molar-refractivity contribution in [2.75, 3.05) is 12.3 Å². The highest BCUT2D eigenvalue weighted by molar-refractivity contribution is 5.97.